The second kappa shape index (κ2) is 10.1. The third-order valence-corrected chi connectivity index (χ3v) is 8.47. The largest absolute Gasteiger partial charge is 0.492 e. The molecule has 0 aliphatic carbocycles. The summed E-state index contributed by atoms with van der Waals surface area (Å²) >= 11 is 0. The van der Waals surface area contributed by atoms with Crippen molar-refractivity contribution in [2.24, 2.45) is 5.92 Å². The van der Waals surface area contributed by atoms with Gasteiger partial charge in [-0.3, -0.25) is 4.79 Å². The fourth-order valence-corrected chi connectivity index (χ4v) is 6.09. The fraction of sp³-hybridized carbons (Fsp3) is 0.250. The number of benzene rings is 4. The number of nitrogens with zero attached hydrogens (tertiary/aromatic N) is 1. The molecule has 1 fully saturated rings. The molecule has 0 aromatic heterocycles. The van der Waals surface area contributed by atoms with Crippen LogP contribution >= 0.6 is 0 Å². The van der Waals surface area contributed by atoms with Crippen LogP contribution in [0.1, 0.15) is 12.8 Å². The number of hydrogen-bond acceptors (Lipinski definition) is 4. The molecule has 1 aliphatic rings. The van der Waals surface area contributed by atoms with Gasteiger partial charge in [0.1, 0.15) is 12.4 Å². The Morgan fingerprint density at radius 1 is 0.829 bits per heavy atom. The summed E-state index contributed by atoms with van der Waals surface area (Å²) in [5, 5.41) is 7.10. The first-order chi connectivity index (χ1) is 17.0. The van der Waals surface area contributed by atoms with Crippen molar-refractivity contribution in [3.63, 3.8) is 0 Å². The van der Waals surface area contributed by atoms with Gasteiger partial charge in [-0.1, -0.05) is 60.7 Å². The van der Waals surface area contributed by atoms with E-state index in [4.69, 9.17) is 4.74 Å². The minimum Gasteiger partial charge on any atom is -0.492 e. The van der Waals surface area contributed by atoms with E-state index in [0.717, 1.165) is 27.3 Å². The van der Waals surface area contributed by atoms with E-state index in [9.17, 15) is 13.2 Å². The van der Waals surface area contributed by atoms with Gasteiger partial charge in [-0.15, -0.1) is 0 Å². The van der Waals surface area contributed by atoms with E-state index in [2.05, 4.69) is 11.4 Å². The Hall–Kier alpha value is -3.42. The van der Waals surface area contributed by atoms with Gasteiger partial charge in [0.15, 0.2) is 0 Å². The number of rotatable bonds is 7. The third kappa shape index (κ3) is 5.16. The molecule has 0 bridgehead atoms. The first-order valence-corrected chi connectivity index (χ1v) is 13.3. The average molecular weight is 489 g/mol. The van der Waals surface area contributed by atoms with E-state index in [-0.39, 0.29) is 11.8 Å². The fourth-order valence-electron chi connectivity index (χ4n) is 4.58. The zero-order valence-corrected chi connectivity index (χ0v) is 20.2. The highest BCUT2D eigenvalue weighted by atomic mass is 32.2. The highest BCUT2D eigenvalue weighted by Gasteiger charge is 2.32. The molecule has 0 saturated carbocycles. The molecule has 4 aromatic carbocycles. The number of ether oxygens (including phenoxy) is 1. The van der Waals surface area contributed by atoms with E-state index >= 15 is 0 Å². The molecule has 0 unspecified atom stereocenters. The van der Waals surface area contributed by atoms with Crippen LogP contribution in [0, 0.1) is 5.92 Å². The highest BCUT2D eigenvalue weighted by Crippen LogP contribution is 2.26. The summed E-state index contributed by atoms with van der Waals surface area (Å²) < 4.78 is 33.6. The average Bonchev–Trinajstić information content (AvgIpc) is 2.90. The van der Waals surface area contributed by atoms with Crippen molar-refractivity contribution in [1.29, 1.82) is 0 Å². The number of nitrogens with one attached hydrogen (secondary N) is 1. The van der Waals surface area contributed by atoms with Crippen LogP contribution in [0.15, 0.2) is 89.8 Å². The van der Waals surface area contributed by atoms with Gasteiger partial charge in [-0.25, -0.2) is 8.42 Å². The Labute approximate surface area is 205 Å². The lowest BCUT2D eigenvalue weighted by Gasteiger charge is -2.30. The maximum Gasteiger partial charge on any atom is 0.243 e. The van der Waals surface area contributed by atoms with Crippen molar-refractivity contribution >= 4 is 37.5 Å². The molecule has 0 radical (unpaired) electrons. The minimum atomic E-state index is -3.59. The molecule has 0 atom stereocenters. The third-order valence-electron chi connectivity index (χ3n) is 6.57. The summed E-state index contributed by atoms with van der Waals surface area (Å²) in [6, 6.07) is 26.9. The lowest BCUT2D eigenvalue weighted by atomic mass is 9.97. The molecule has 1 heterocycles. The quantitative estimate of drug-likeness (QED) is 0.386. The zero-order valence-electron chi connectivity index (χ0n) is 19.4. The van der Waals surface area contributed by atoms with E-state index in [0.29, 0.717) is 44.0 Å². The molecule has 0 spiro atoms. The summed E-state index contributed by atoms with van der Waals surface area (Å²) in [6.45, 7) is 1.45. The Bertz CT molecular complexity index is 1460. The predicted octanol–water partition coefficient (Wildman–Crippen LogP) is 4.59. The molecule has 4 aromatic rings. The van der Waals surface area contributed by atoms with Crippen molar-refractivity contribution < 1.29 is 17.9 Å². The van der Waals surface area contributed by atoms with Gasteiger partial charge in [-0.2, -0.15) is 4.31 Å². The number of hydrogen-bond donors (Lipinski definition) is 1. The lowest BCUT2D eigenvalue weighted by Crippen LogP contribution is -2.43. The Morgan fingerprint density at radius 3 is 2.11 bits per heavy atom. The molecule has 1 saturated heterocycles. The number of sulfonamides is 1. The molecular weight excluding hydrogens is 460 g/mol. The highest BCUT2D eigenvalue weighted by molar-refractivity contribution is 7.89. The smallest absolute Gasteiger partial charge is 0.243 e. The SMILES string of the molecule is O=C(NCCOc1ccc2ccccc2c1)C1CCN(S(=O)(=O)c2ccc3ccccc3c2)CC1. The molecule has 1 amide bonds. The summed E-state index contributed by atoms with van der Waals surface area (Å²) in [4.78, 5) is 12.9. The van der Waals surface area contributed by atoms with Crippen LogP contribution in [0.5, 0.6) is 5.75 Å². The summed E-state index contributed by atoms with van der Waals surface area (Å²) in [6.07, 6.45) is 1.01. The normalized spacial score (nSPS) is 15.3. The van der Waals surface area contributed by atoms with E-state index in [1.165, 1.54) is 4.31 Å². The lowest BCUT2D eigenvalue weighted by molar-refractivity contribution is -0.126. The van der Waals surface area contributed by atoms with Gasteiger partial charge in [0.25, 0.3) is 0 Å². The van der Waals surface area contributed by atoms with E-state index in [1.807, 2.05) is 66.7 Å². The standard InChI is InChI=1S/C28H28N2O4S/c31-28(29-15-18-34-26-11-9-21-5-1-3-7-24(21)19-26)23-13-16-30(17-14-23)35(32,33)27-12-10-22-6-2-4-8-25(22)20-27/h1-12,19-20,23H,13-18H2,(H,29,31). The molecule has 6 nitrogen and oxygen atoms in total. The summed E-state index contributed by atoms with van der Waals surface area (Å²) in [7, 11) is -3.59. The second-order valence-electron chi connectivity index (χ2n) is 8.84. The summed E-state index contributed by atoms with van der Waals surface area (Å²) in [5.41, 5.74) is 0. The van der Waals surface area contributed by atoms with Crippen molar-refractivity contribution in [3.05, 3.63) is 84.9 Å². The van der Waals surface area contributed by atoms with Crippen molar-refractivity contribution in [1.82, 2.24) is 9.62 Å². The van der Waals surface area contributed by atoms with Crippen molar-refractivity contribution in [3.8, 4) is 5.75 Å². The number of fused-ring (bicyclic) bond motifs is 2. The van der Waals surface area contributed by atoms with Gasteiger partial charge >= 0.3 is 0 Å². The van der Waals surface area contributed by atoms with Crippen molar-refractivity contribution in [2.45, 2.75) is 17.7 Å². The topological polar surface area (TPSA) is 75.7 Å². The van der Waals surface area contributed by atoms with Crippen LogP contribution in [0.25, 0.3) is 21.5 Å². The van der Waals surface area contributed by atoms with Gasteiger partial charge in [0.05, 0.1) is 11.4 Å². The molecule has 7 heteroatoms. The Kier molecular flexibility index (Phi) is 6.70. The number of carbonyl (C=O) groups is 1. The van der Waals surface area contributed by atoms with Crippen LogP contribution in [0.4, 0.5) is 0 Å². The number of carbonyl (C=O) groups excluding carboxylic acids is 1. The van der Waals surface area contributed by atoms with Gasteiger partial charge in [0, 0.05) is 19.0 Å². The van der Waals surface area contributed by atoms with E-state index in [1.54, 1.807) is 12.1 Å². The minimum absolute atomic E-state index is 0.0464. The Balaban J connectivity index is 1.10. The van der Waals surface area contributed by atoms with E-state index < -0.39 is 10.0 Å². The van der Waals surface area contributed by atoms with Crippen LogP contribution in [0.3, 0.4) is 0 Å². The van der Waals surface area contributed by atoms with Gasteiger partial charge in [0.2, 0.25) is 15.9 Å². The molecule has 1 N–H and O–H groups in total. The predicted molar refractivity (Wildman–Crippen MR) is 138 cm³/mol. The second-order valence-corrected chi connectivity index (χ2v) is 10.8. The maximum atomic E-state index is 13.1. The van der Waals surface area contributed by atoms with Crippen LogP contribution < -0.4 is 10.1 Å². The van der Waals surface area contributed by atoms with Crippen LogP contribution in [-0.2, 0) is 14.8 Å². The van der Waals surface area contributed by atoms with Crippen LogP contribution in [-0.4, -0.2) is 44.9 Å². The number of piperidine rings is 1. The molecule has 5 rings (SSSR count). The number of amides is 1. The molecule has 180 valence electrons. The van der Waals surface area contributed by atoms with Crippen LogP contribution in [0.2, 0.25) is 0 Å². The maximum absolute atomic E-state index is 13.1. The first kappa shape index (κ1) is 23.3. The van der Waals surface area contributed by atoms with Gasteiger partial charge in [-0.05, 0) is 58.7 Å². The monoisotopic (exact) mass is 488 g/mol. The summed E-state index contributed by atoms with van der Waals surface area (Å²) in [5.74, 6) is 0.527. The zero-order chi connectivity index (χ0) is 24.3. The molecular formula is C28H28N2O4S. The Morgan fingerprint density at radius 2 is 1.43 bits per heavy atom. The molecule has 35 heavy (non-hydrogen) atoms. The molecule has 1 aliphatic heterocycles. The van der Waals surface area contributed by atoms with Crippen molar-refractivity contribution in [2.75, 3.05) is 26.2 Å². The first-order valence-electron chi connectivity index (χ1n) is 11.9. The van der Waals surface area contributed by atoms with Gasteiger partial charge < -0.3 is 10.1 Å².